The number of hydrogen-bond donors (Lipinski definition) is 3. The molecule has 0 aliphatic rings. The van der Waals surface area contributed by atoms with Gasteiger partial charge in [-0.3, -0.25) is 0 Å². The van der Waals surface area contributed by atoms with Crippen molar-refractivity contribution in [2.45, 2.75) is 31.8 Å². The summed E-state index contributed by atoms with van der Waals surface area (Å²) in [6.45, 7) is 1.76. The predicted molar refractivity (Wildman–Crippen MR) is 76.1 cm³/mol. The van der Waals surface area contributed by atoms with Crippen LogP contribution in [0.2, 0.25) is 0 Å². The van der Waals surface area contributed by atoms with E-state index in [1.165, 1.54) is 0 Å². The van der Waals surface area contributed by atoms with E-state index in [2.05, 4.69) is 16.6 Å². The van der Waals surface area contributed by atoms with E-state index < -0.39 is 18.0 Å². The highest BCUT2D eigenvalue weighted by atomic mass is 16.4. The molecule has 1 aromatic rings. The second-order valence-corrected chi connectivity index (χ2v) is 4.51. The minimum atomic E-state index is -1.08. The normalized spacial score (nSPS) is 12.8. The lowest BCUT2D eigenvalue weighted by molar-refractivity contribution is -0.139. The maximum absolute atomic E-state index is 11.7. The molecule has 1 rings (SSSR count). The molecular formula is C15H18N2O3. The minimum Gasteiger partial charge on any atom is -0.480 e. The summed E-state index contributed by atoms with van der Waals surface area (Å²) in [6, 6.07) is 7.42. The van der Waals surface area contributed by atoms with Crippen LogP contribution >= 0.6 is 0 Å². The van der Waals surface area contributed by atoms with E-state index in [4.69, 9.17) is 11.5 Å². The number of rotatable bonds is 6. The SMILES string of the molecule is C#CCC(C)NC(=O)N[C@@H](Cc1ccccc1)C(=O)O. The minimum absolute atomic E-state index is 0.203. The number of terminal acetylenes is 1. The third kappa shape index (κ3) is 5.44. The van der Waals surface area contributed by atoms with E-state index in [9.17, 15) is 9.59 Å². The monoisotopic (exact) mass is 274 g/mol. The Hall–Kier alpha value is -2.48. The number of aliphatic carboxylic acids is 1. The summed E-state index contributed by atoms with van der Waals surface area (Å²) in [5.41, 5.74) is 0.844. The third-order valence-corrected chi connectivity index (χ3v) is 2.69. The lowest BCUT2D eigenvalue weighted by Gasteiger charge is -2.17. The molecule has 0 fully saturated rings. The van der Waals surface area contributed by atoms with Crippen molar-refractivity contribution in [3.05, 3.63) is 35.9 Å². The highest BCUT2D eigenvalue weighted by molar-refractivity contribution is 5.82. The van der Waals surface area contributed by atoms with E-state index in [1.54, 1.807) is 6.92 Å². The third-order valence-electron chi connectivity index (χ3n) is 2.69. The maximum atomic E-state index is 11.7. The van der Waals surface area contributed by atoms with Gasteiger partial charge in [-0.25, -0.2) is 9.59 Å². The van der Waals surface area contributed by atoms with Crippen molar-refractivity contribution in [3.8, 4) is 12.3 Å². The van der Waals surface area contributed by atoms with E-state index >= 15 is 0 Å². The highest BCUT2D eigenvalue weighted by Gasteiger charge is 2.20. The van der Waals surface area contributed by atoms with Gasteiger partial charge in [-0.1, -0.05) is 30.3 Å². The van der Waals surface area contributed by atoms with Gasteiger partial charge < -0.3 is 15.7 Å². The number of hydrogen-bond acceptors (Lipinski definition) is 2. The molecule has 106 valence electrons. The fourth-order valence-corrected chi connectivity index (χ4v) is 1.70. The lowest BCUT2D eigenvalue weighted by atomic mass is 10.1. The number of nitrogens with one attached hydrogen (secondary N) is 2. The van der Waals surface area contributed by atoms with Crippen molar-refractivity contribution < 1.29 is 14.7 Å². The van der Waals surface area contributed by atoms with Crippen LogP contribution in [0.1, 0.15) is 18.9 Å². The number of urea groups is 1. The first kappa shape index (κ1) is 15.6. The van der Waals surface area contributed by atoms with Gasteiger partial charge in [0.1, 0.15) is 6.04 Å². The maximum Gasteiger partial charge on any atom is 0.326 e. The van der Waals surface area contributed by atoms with E-state index in [0.29, 0.717) is 6.42 Å². The van der Waals surface area contributed by atoms with Crippen molar-refractivity contribution in [1.29, 1.82) is 0 Å². The number of benzene rings is 1. The Kier molecular flexibility index (Phi) is 6.11. The number of carboxylic acids is 1. The molecule has 0 spiro atoms. The molecule has 5 nitrogen and oxygen atoms in total. The van der Waals surface area contributed by atoms with Crippen LogP contribution in [0.25, 0.3) is 0 Å². The molecule has 0 aromatic heterocycles. The first-order valence-corrected chi connectivity index (χ1v) is 6.30. The van der Waals surface area contributed by atoms with Crippen LogP contribution in [-0.2, 0) is 11.2 Å². The molecule has 20 heavy (non-hydrogen) atoms. The lowest BCUT2D eigenvalue weighted by Crippen LogP contribution is -2.49. The molecule has 1 unspecified atom stereocenters. The number of carboxylic acid groups (broad SMARTS) is 1. The largest absolute Gasteiger partial charge is 0.480 e. The molecule has 0 saturated carbocycles. The number of carbonyl (C=O) groups excluding carboxylic acids is 1. The van der Waals surface area contributed by atoms with E-state index in [-0.39, 0.29) is 12.5 Å². The smallest absolute Gasteiger partial charge is 0.326 e. The molecule has 2 amide bonds. The topological polar surface area (TPSA) is 78.4 Å². The number of carbonyl (C=O) groups is 2. The predicted octanol–water partition coefficient (Wildman–Crippen LogP) is 1.39. The Bertz CT molecular complexity index is 494. The number of amides is 2. The van der Waals surface area contributed by atoms with Crippen LogP contribution in [0.3, 0.4) is 0 Å². The second-order valence-electron chi connectivity index (χ2n) is 4.51. The summed E-state index contributed by atoms with van der Waals surface area (Å²) >= 11 is 0. The average molecular weight is 274 g/mol. The quantitative estimate of drug-likeness (QED) is 0.686. The second kappa shape index (κ2) is 7.85. The van der Waals surface area contributed by atoms with Gasteiger partial charge in [0.2, 0.25) is 0 Å². The van der Waals surface area contributed by atoms with Gasteiger partial charge in [0.25, 0.3) is 0 Å². The van der Waals surface area contributed by atoms with E-state index in [1.807, 2.05) is 30.3 Å². The van der Waals surface area contributed by atoms with Crippen LogP contribution in [0.4, 0.5) is 4.79 Å². The molecule has 1 aromatic carbocycles. The molecule has 0 aliphatic heterocycles. The molecule has 0 aliphatic carbocycles. The van der Waals surface area contributed by atoms with Crippen molar-refractivity contribution in [3.63, 3.8) is 0 Å². The van der Waals surface area contributed by atoms with E-state index in [0.717, 1.165) is 5.56 Å². The van der Waals surface area contributed by atoms with Crippen LogP contribution in [0.5, 0.6) is 0 Å². The van der Waals surface area contributed by atoms with Crippen molar-refractivity contribution in [2.75, 3.05) is 0 Å². The average Bonchev–Trinajstić information content (AvgIpc) is 2.39. The summed E-state index contributed by atoms with van der Waals surface area (Å²) in [5.74, 6) is 1.35. The molecule has 0 saturated heterocycles. The molecule has 0 heterocycles. The standard InChI is InChI=1S/C15H18N2O3/c1-3-7-11(2)16-15(20)17-13(14(18)19)10-12-8-5-4-6-9-12/h1,4-6,8-9,11,13H,7,10H2,2H3,(H,18,19)(H2,16,17,20)/t11?,13-/m0/s1. The van der Waals surface area contributed by atoms with Crippen LogP contribution in [-0.4, -0.2) is 29.2 Å². The zero-order chi connectivity index (χ0) is 15.0. The van der Waals surface area contributed by atoms with Gasteiger partial charge in [0.05, 0.1) is 0 Å². The van der Waals surface area contributed by atoms with Gasteiger partial charge in [-0.15, -0.1) is 12.3 Å². The molecule has 2 atom stereocenters. The summed E-state index contributed by atoms with van der Waals surface area (Å²) in [4.78, 5) is 22.9. The molecule has 3 N–H and O–H groups in total. The van der Waals surface area contributed by atoms with Gasteiger partial charge in [0.15, 0.2) is 0 Å². The fraction of sp³-hybridized carbons (Fsp3) is 0.333. The molecule has 0 radical (unpaired) electrons. The van der Waals surface area contributed by atoms with Crippen LogP contribution in [0.15, 0.2) is 30.3 Å². The van der Waals surface area contributed by atoms with Gasteiger partial charge in [-0.2, -0.15) is 0 Å². The van der Waals surface area contributed by atoms with Crippen LogP contribution < -0.4 is 10.6 Å². The Morgan fingerprint density at radius 3 is 2.50 bits per heavy atom. The zero-order valence-corrected chi connectivity index (χ0v) is 11.3. The van der Waals surface area contributed by atoms with Gasteiger partial charge >= 0.3 is 12.0 Å². The van der Waals surface area contributed by atoms with Crippen molar-refractivity contribution in [2.24, 2.45) is 0 Å². The van der Waals surface area contributed by atoms with Gasteiger partial charge in [-0.05, 0) is 12.5 Å². The Morgan fingerprint density at radius 1 is 1.30 bits per heavy atom. The summed E-state index contributed by atoms with van der Waals surface area (Å²) < 4.78 is 0. The Balaban J connectivity index is 2.58. The van der Waals surface area contributed by atoms with Crippen molar-refractivity contribution in [1.82, 2.24) is 10.6 Å². The fourth-order valence-electron chi connectivity index (χ4n) is 1.70. The molecular weight excluding hydrogens is 256 g/mol. The summed E-state index contributed by atoms with van der Waals surface area (Å²) in [5, 5.41) is 14.2. The highest BCUT2D eigenvalue weighted by Crippen LogP contribution is 2.03. The Morgan fingerprint density at radius 2 is 1.95 bits per heavy atom. The molecule has 0 bridgehead atoms. The van der Waals surface area contributed by atoms with Gasteiger partial charge in [0, 0.05) is 18.9 Å². The summed E-state index contributed by atoms with van der Waals surface area (Å²) in [7, 11) is 0. The van der Waals surface area contributed by atoms with Crippen molar-refractivity contribution >= 4 is 12.0 Å². The zero-order valence-electron chi connectivity index (χ0n) is 11.3. The first-order chi connectivity index (χ1) is 9.52. The van der Waals surface area contributed by atoms with Crippen LogP contribution in [0, 0.1) is 12.3 Å². The first-order valence-electron chi connectivity index (χ1n) is 6.30. The Labute approximate surface area is 118 Å². The molecule has 5 heteroatoms. The summed E-state index contributed by atoms with van der Waals surface area (Å²) in [6.07, 6.45) is 5.76.